The minimum absolute atomic E-state index is 0.0252. The molecule has 0 radical (unpaired) electrons. The van der Waals surface area contributed by atoms with E-state index in [1.807, 2.05) is 6.92 Å². The summed E-state index contributed by atoms with van der Waals surface area (Å²) in [6.07, 6.45) is 3.54. The Morgan fingerprint density at radius 3 is 2.58 bits per heavy atom. The number of carbonyl (C=O) groups is 3. The molecule has 0 aliphatic carbocycles. The van der Waals surface area contributed by atoms with Crippen LogP contribution in [0.3, 0.4) is 0 Å². The SMILES string of the molecule is CCCCCC(=O)C#Cc1ccc(C=O)c2c(C(=O)N(C)OSC(F)(F)F)cccc12. The summed E-state index contributed by atoms with van der Waals surface area (Å²) in [7, 11) is 1.04. The van der Waals surface area contributed by atoms with Gasteiger partial charge in [0.1, 0.15) is 12.0 Å². The average molecular weight is 451 g/mol. The highest BCUT2D eigenvalue weighted by Gasteiger charge is 2.32. The van der Waals surface area contributed by atoms with Crippen molar-refractivity contribution in [2.24, 2.45) is 0 Å². The van der Waals surface area contributed by atoms with Gasteiger partial charge in [0, 0.05) is 30.0 Å². The van der Waals surface area contributed by atoms with Crippen LogP contribution in [0.1, 0.15) is 58.9 Å². The lowest BCUT2D eigenvalue weighted by Gasteiger charge is -2.18. The second kappa shape index (κ2) is 11.0. The van der Waals surface area contributed by atoms with Gasteiger partial charge in [0.05, 0.1) is 5.56 Å². The lowest BCUT2D eigenvalue weighted by atomic mass is 9.95. The third-order valence-electron chi connectivity index (χ3n) is 4.30. The fourth-order valence-electron chi connectivity index (χ4n) is 2.86. The number of hydrogen-bond donors (Lipinski definition) is 0. The number of rotatable bonds is 8. The van der Waals surface area contributed by atoms with Crippen LogP contribution in [0.2, 0.25) is 0 Å². The van der Waals surface area contributed by atoms with E-state index < -0.39 is 23.5 Å². The molecule has 0 saturated carbocycles. The first-order valence-electron chi connectivity index (χ1n) is 9.44. The van der Waals surface area contributed by atoms with E-state index in [1.165, 1.54) is 18.2 Å². The minimum atomic E-state index is -4.69. The van der Waals surface area contributed by atoms with E-state index in [9.17, 15) is 27.6 Å². The number of ketones is 1. The molecule has 0 atom stereocenters. The van der Waals surface area contributed by atoms with Crippen molar-refractivity contribution < 1.29 is 31.8 Å². The van der Waals surface area contributed by atoms with E-state index in [4.69, 9.17) is 0 Å². The number of aldehydes is 1. The van der Waals surface area contributed by atoms with Gasteiger partial charge in [-0.2, -0.15) is 17.5 Å². The number of benzene rings is 2. The highest BCUT2D eigenvalue weighted by molar-refractivity contribution is 7.95. The fourth-order valence-corrected chi connectivity index (χ4v) is 3.12. The number of hydrogen-bond acceptors (Lipinski definition) is 5. The Morgan fingerprint density at radius 2 is 1.94 bits per heavy atom. The van der Waals surface area contributed by atoms with Crippen molar-refractivity contribution in [2.45, 2.75) is 38.1 Å². The topological polar surface area (TPSA) is 63.7 Å². The van der Waals surface area contributed by atoms with Gasteiger partial charge in [0.25, 0.3) is 5.91 Å². The molecule has 5 nitrogen and oxygen atoms in total. The highest BCUT2D eigenvalue weighted by Crippen LogP contribution is 2.32. The quantitative estimate of drug-likeness (QED) is 0.179. The van der Waals surface area contributed by atoms with Crippen LogP contribution in [0.4, 0.5) is 13.2 Å². The molecule has 0 saturated heterocycles. The standard InChI is InChI=1S/C22H20F3NO4S/c1-3-4-5-7-17(28)13-12-15-10-11-16(14-27)20-18(15)8-6-9-19(20)21(29)26(2)30-31-22(23,24)25/h6,8-11,14H,3-5,7H2,1-2H3. The van der Waals surface area contributed by atoms with Gasteiger partial charge in [-0.05, 0) is 35.9 Å². The first kappa shape index (κ1) is 24.4. The Balaban J connectivity index is 2.43. The molecule has 0 heterocycles. The number of carbonyl (C=O) groups excluding carboxylic acids is 3. The molecular formula is C22H20F3NO4S. The van der Waals surface area contributed by atoms with Gasteiger partial charge in [-0.15, -0.1) is 0 Å². The molecule has 2 aromatic carbocycles. The van der Waals surface area contributed by atoms with Crippen molar-refractivity contribution in [3.8, 4) is 11.8 Å². The molecule has 0 N–H and O–H groups in total. The molecule has 0 spiro atoms. The van der Waals surface area contributed by atoms with Crippen molar-refractivity contribution in [3.63, 3.8) is 0 Å². The first-order valence-corrected chi connectivity index (χ1v) is 10.2. The largest absolute Gasteiger partial charge is 0.470 e. The zero-order valence-corrected chi connectivity index (χ0v) is 17.7. The first-order chi connectivity index (χ1) is 14.7. The van der Waals surface area contributed by atoms with Crippen molar-refractivity contribution in [1.82, 2.24) is 5.06 Å². The zero-order valence-electron chi connectivity index (χ0n) is 16.9. The van der Waals surface area contributed by atoms with Gasteiger partial charge in [-0.1, -0.05) is 37.8 Å². The van der Waals surface area contributed by atoms with Crippen molar-refractivity contribution >= 4 is 40.8 Å². The summed E-state index contributed by atoms with van der Waals surface area (Å²) < 4.78 is 41.5. The van der Waals surface area contributed by atoms with E-state index in [0.29, 0.717) is 28.7 Å². The van der Waals surface area contributed by atoms with E-state index in [1.54, 1.807) is 12.1 Å². The second-order valence-electron chi connectivity index (χ2n) is 6.58. The van der Waals surface area contributed by atoms with E-state index in [0.717, 1.165) is 26.3 Å². The van der Waals surface area contributed by atoms with Crippen LogP contribution in [-0.2, 0) is 9.08 Å². The number of alkyl halides is 3. The normalized spacial score (nSPS) is 11.0. The summed E-state index contributed by atoms with van der Waals surface area (Å²) in [6, 6.07) is 7.53. The van der Waals surface area contributed by atoms with Crippen molar-refractivity contribution in [1.29, 1.82) is 0 Å². The number of nitrogens with zero attached hydrogens (tertiary/aromatic N) is 1. The molecule has 2 rings (SSSR count). The maximum Gasteiger partial charge on any atom is 0.470 e. The Bertz CT molecular complexity index is 1040. The summed E-state index contributed by atoms with van der Waals surface area (Å²) in [5.74, 6) is 4.27. The lowest BCUT2D eigenvalue weighted by molar-refractivity contribution is -0.113. The van der Waals surface area contributed by atoms with Crippen LogP contribution < -0.4 is 0 Å². The molecule has 9 heteroatoms. The molecule has 31 heavy (non-hydrogen) atoms. The summed E-state index contributed by atoms with van der Waals surface area (Å²) >= 11 is -0.822. The molecule has 0 unspecified atom stereocenters. The highest BCUT2D eigenvalue weighted by atomic mass is 32.2. The number of Topliss-reactive ketones (excluding diaryl/α,β-unsaturated/α-hetero) is 1. The van der Waals surface area contributed by atoms with Crippen LogP contribution in [0.5, 0.6) is 0 Å². The van der Waals surface area contributed by atoms with Gasteiger partial charge < -0.3 is 0 Å². The number of hydroxylamine groups is 2. The van der Waals surface area contributed by atoms with Crippen LogP contribution in [0.15, 0.2) is 30.3 Å². The predicted molar refractivity (Wildman–Crippen MR) is 112 cm³/mol. The molecule has 0 aliphatic heterocycles. The third-order valence-corrected chi connectivity index (χ3v) is 4.79. The Morgan fingerprint density at radius 1 is 1.19 bits per heavy atom. The molecule has 0 fully saturated rings. The lowest BCUT2D eigenvalue weighted by Crippen LogP contribution is -2.26. The smallest absolute Gasteiger partial charge is 0.298 e. The summed E-state index contributed by atoms with van der Waals surface area (Å²) in [5, 5.41) is 1.10. The Hall–Kier alpha value is -2.83. The number of halogens is 3. The molecule has 0 aliphatic rings. The van der Waals surface area contributed by atoms with E-state index in [-0.39, 0.29) is 22.3 Å². The maximum absolute atomic E-state index is 12.7. The second-order valence-corrected chi connectivity index (χ2v) is 7.36. The van der Waals surface area contributed by atoms with E-state index >= 15 is 0 Å². The number of unbranched alkanes of at least 4 members (excludes halogenated alkanes) is 2. The summed E-state index contributed by atoms with van der Waals surface area (Å²) in [6.45, 7) is 2.03. The van der Waals surface area contributed by atoms with Crippen LogP contribution in [0.25, 0.3) is 10.8 Å². The van der Waals surface area contributed by atoms with Gasteiger partial charge >= 0.3 is 5.51 Å². The minimum Gasteiger partial charge on any atom is -0.298 e. The number of amides is 1. The molecule has 0 aromatic heterocycles. The molecular weight excluding hydrogens is 431 g/mol. The van der Waals surface area contributed by atoms with Gasteiger partial charge in [-0.3, -0.25) is 14.4 Å². The maximum atomic E-state index is 12.7. The number of fused-ring (bicyclic) bond motifs is 1. The fraction of sp³-hybridized carbons (Fsp3) is 0.318. The van der Waals surface area contributed by atoms with Gasteiger partial charge in [-0.25, -0.2) is 5.06 Å². The average Bonchev–Trinajstić information content (AvgIpc) is 2.74. The van der Waals surface area contributed by atoms with Crippen LogP contribution in [0, 0.1) is 11.8 Å². The molecule has 164 valence electrons. The summed E-state index contributed by atoms with van der Waals surface area (Å²) in [4.78, 5) is 36.2. The molecule has 2 aromatic rings. The monoisotopic (exact) mass is 451 g/mol. The molecule has 1 amide bonds. The predicted octanol–water partition coefficient (Wildman–Crippen LogP) is 5.32. The Kier molecular flexibility index (Phi) is 8.65. The zero-order chi connectivity index (χ0) is 23.0. The van der Waals surface area contributed by atoms with Crippen molar-refractivity contribution in [2.75, 3.05) is 7.05 Å². The van der Waals surface area contributed by atoms with Crippen molar-refractivity contribution in [3.05, 3.63) is 47.0 Å². The molecule has 0 bridgehead atoms. The van der Waals surface area contributed by atoms with E-state index in [2.05, 4.69) is 16.1 Å². The third kappa shape index (κ3) is 6.84. The van der Waals surface area contributed by atoms with Gasteiger partial charge in [0.15, 0.2) is 6.29 Å². The summed E-state index contributed by atoms with van der Waals surface area (Å²) in [5.41, 5.74) is -4.13. The van der Waals surface area contributed by atoms with Crippen LogP contribution >= 0.6 is 12.0 Å². The van der Waals surface area contributed by atoms with Crippen LogP contribution in [-0.4, -0.2) is 35.6 Å². The Labute approximate surface area is 182 Å². The van der Waals surface area contributed by atoms with Gasteiger partial charge in [0.2, 0.25) is 5.78 Å².